The molecule has 0 saturated heterocycles. The lowest BCUT2D eigenvalue weighted by Crippen LogP contribution is -2.60. The van der Waals surface area contributed by atoms with Gasteiger partial charge in [0.15, 0.2) is 0 Å². The summed E-state index contributed by atoms with van der Waals surface area (Å²) in [6.45, 7) is 6.74. The first kappa shape index (κ1) is 18.5. The van der Waals surface area contributed by atoms with Crippen molar-refractivity contribution in [3.05, 3.63) is 34.9 Å². The maximum absolute atomic E-state index is 12.7. The highest BCUT2D eigenvalue weighted by atomic mass is 16.2. The molecule has 0 bridgehead atoms. The molecule has 2 rings (SSSR count). The topological polar surface area (TPSA) is 58.2 Å². The van der Waals surface area contributed by atoms with E-state index in [0.717, 1.165) is 55.2 Å². The van der Waals surface area contributed by atoms with Gasteiger partial charge in [0.05, 0.1) is 6.42 Å². The van der Waals surface area contributed by atoms with Gasteiger partial charge in [-0.25, -0.2) is 0 Å². The van der Waals surface area contributed by atoms with Crippen LogP contribution in [-0.2, 0) is 16.0 Å². The molecule has 132 valence electrons. The molecule has 1 aromatic rings. The molecule has 0 aromatic heterocycles. The van der Waals surface area contributed by atoms with Crippen LogP contribution in [0.4, 0.5) is 0 Å². The predicted octanol–water partition coefficient (Wildman–Crippen LogP) is 3.19. The number of carbonyl (C=O) groups is 2. The van der Waals surface area contributed by atoms with Crippen LogP contribution in [0.2, 0.25) is 0 Å². The molecule has 1 saturated carbocycles. The first-order chi connectivity index (χ1) is 11.5. The van der Waals surface area contributed by atoms with Crippen molar-refractivity contribution in [2.75, 3.05) is 6.54 Å². The zero-order valence-corrected chi connectivity index (χ0v) is 15.2. The Kier molecular flexibility index (Phi) is 6.41. The lowest BCUT2D eigenvalue weighted by molar-refractivity contribution is -0.134. The van der Waals surface area contributed by atoms with E-state index in [1.165, 1.54) is 0 Å². The Labute approximate surface area is 145 Å². The molecule has 0 radical (unpaired) electrons. The van der Waals surface area contributed by atoms with Crippen molar-refractivity contribution in [2.45, 2.75) is 71.3 Å². The lowest BCUT2D eigenvalue weighted by Gasteiger charge is -2.36. The number of hydrogen-bond donors (Lipinski definition) is 2. The summed E-state index contributed by atoms with van der Waals surface area (Å²) >= 11 is 0. The summed E-state index contributed by atoms with van der Waals surface area (Å²) in [5.41, 5.74) is 2.58. The maximum atomic E-state index is 12.7. The Balaban J connectivity index is 2.09. The summed E-state index contributed by atoms with van der Waals surface area (Å²) in [5.74, 6) is -0.0735. The SMILES string of the molecule is CCCNC(=O)C1(NC(=O)Cc2cc(C)ccc2C)CCCCC1. The number of carbonyl (C=O) groups excluding carboxylic acids is 2. The second-order valence-electron chi connectivity index (χ2n) is 7.05. The Bertz CT molecular complexity index is 589. The average molecular weight is 330 g/mol. The van der Waals surface area contributed by atoms with Crippen molar-refractivity contribution in [3.8, 4) is 0 Å². The van der Waals surface area contributed by atoms with Crippen LogP contribution in [-0.4, -0.2) is 23.9 Å². The van der Waals surface area contributed by atoms with Crippen molar-refractivity contribution in [2.24, 2.45) is 0 Å². The van der Waals surface area contributed by atoms with Gasteiger partial charge >= 0.3 is 0 Å². The van der Waals surface area contributed by atoms with Gasteiger partial charge in [-0.2, -0.15) is 0 Å². The van der Waals surface area contributed by atoms with E-state index < -0.39 is 5.54 Å². The van der Waals surface area contributed by atoms with E-state index in [9.17, 15) is 9.59 Å². The summed E-state index contributed by atoms with van der Waals surface area (Å²) in [6, 6.07) is 6.15. The van der Waals surface area contributed by atoms with Crippen LogP contribution >= 0.6 is 0 Å². The third kappa shape index (κ3) is 4.59. The average Bonchev–Trinajstić information content (AvgIpc) is 2.56. The number of benzene rings is 1. The molecule has 24 heavy (non-hydrogen) atoms. The summed E-state index contributed by atoms with van der Waals surface area (Å²) < 4.78 is 0. The van der Waals surface area contributed by atoms with Gasteiger partial charge in [0.1, 0.15) is 5.54 Å². The summed E-state index contributed by atoms with van der Waals surface area (Å²) in [6.07, 6.45) is 5.82. The van der Waals surface area contributed by atoms with Gasteiger partial charge in [-0.1, -0.05) is 49.9 Å². The fourth-order valence-electron chi connectivity index (χ4n) is 3.45. The van der Waals surface area contributed by atoms with Crippen molar-refractivity contribution in [1.82, 2.24) is 10.6 Å². The van der Waals surface area contributed by atoms with Crippen LogP contribution in [0.25, 0.3) is 0 Å². The molecular weight excluding hydrogens is 300 g/mol. The quantitative estimate of drug-likeness (QED) is 0.841. The highest BCUT2D eigenvalue weighted by Crippen LogP contribution is 2.28. The van der Waals surface area contributed by atoms with E-state index in [0.29, 0.717) is 13.0 Å². The third-order valence-corrected chi connectivity index (χ3v) is 4.91. The predicted molar refractivity (Wildman–Crippen MR) is 96.9 cm³/mol. The summed E-state index contributed by atoms with van der Waals surface area (Å²) in [7, 11) is 0. The van der Waals surface area contributed by atoms with Crippen molar-refractivity contribution in [1.29, 1.82) is 0 Å². The standard InChI is InChI=1S/C20H30N2O2/c1-4-12-21-19(24)20(10-6-5-7-11-20)22-18(23)14-17-13-15(2)8-9-16(17)3/h8-9,13H,4-7,10-12,14H2,1-3H3,(H,21,24)(H,22,23). The maximum Gasteiger partial charge on any atom is 0.245 e. The fourth-order valence-corrected chi connectivity index (χ4v) is 3.45. The monoisotopic (exact) mass is 330 g/mol. The Morgan fingerprint density at radius 2 is 1.83 bits per heavy atom. The van der Waals surface area contributed by atoms with E-state index in [1.54, 1.807) is 0 Å². The zero-order valence-electron chi connectivity index (χ0n) is 15.2. The van der Waals surface area contributed by atoms with Crippen LogP contribution < -0.4 is 10.6 Å². The molecule has 1 aliphatic carbocycles. The first-order valence-corrected chi connectivity index (χ1v) is 9.12. The van der Waals surface area contributed by atoms with Gasteiger partial charge in [-0.05, 0) is 44.2 Å². The number of nitrogens with one attached hydrogen (secondary N) is 2. The second kappa shape index (κ2) is 8.32. The van der Waals surface area contributed by atoms with E-state index in [-0.39, 0.29) is 11.8 Å². The fraction of sp³-hybridized carbons (Fsp3) is 0.600. The van der Waals surface area contributed by atoms with Crippen LogP contribution in [0.15, 0.2) is 18.2 Å². The third-order valence-electron chi connectivity index (χ3n) is 4.91. The number of rotatable bonds is 6. The molecule has 2 amide bonds. The molecule has 1 aromatic carbocycles. The number of hydrogen-bond acceptors (Lipinski definition) is 2. The molecule has 0 aliphatic heterocycles. The minimum atomic E-state index is -0.720. The largest absolute Gasteiger partial charge is 0.354 e. The first-order valence-electron chi connectivity index (χ1n) is 9.12. The smallest absolute Gasteiger partial charge is 0.245 e. The molecule has 4 heteroatoms. The van der Waals surface area contributed by atoms with E-state index in [1.807, 2.05) is 26.8 Å². The van der Waals surface area contributed by atoms with Gasteiger partial charge in [0.25, 0.3) is 0 Å². The van der Waals surface area contributed by atoms with Crippen LogP contribution in [0, 0.1) is 13.8 Å². The summed E-state index contributed by atoms with van der Waals surface area (Å²) in [4.78, 5) is 25.3. The summed E-state index contributed by atoms with van der Waals surface area (Å²) in [5, 5.41) is 6.06. The Morgan fingerprint density at radius 1 is 1.12 bits per heavy atom. The Hall–Kier alpha value is -1.84. The van der Waals surface area contributed by atoms with Crippen LogP contribution in [0.1, 0.15) is 62.1 Å². The lowest BCUT2D eigenvalue weighted by atomic mass is 9.80. The molecule has 0 spiro atoms. The van der Waals surface area contributed by atoms with Crippen molar-refractivity contribution in [3.63, 3.8) is 0 Å². The van der Waals surface area contributed by atoms with Crippen LogP contribution in [0.3, 0.4) is 0 Å². The zero-order chi connectivity index (χ0) is 17.6. The normalized spacial score (nSPS) is 16.5. The number of amides is 2. The van der Waals surface area contributed by atoms with Crippen molar-refractivity contribution < 1.29 is 9.59 Å². The Morgan fingerprint density at radius 3 is 2.50 bits per heavy atom. The van der Waals surface area contributed by atoms with Crippen LogP contribution in [0.5, 0.6) is 0 Å². The highest BCUT2D eigenvalue weighted by molar-refractivity contribution is 5.92. The minimum absolute atomic E-state index is 0.0154. The molecular formula is C20H30N2O2. The number of aryl methyl sites for hydroxylation is 2. The van der Waals surface area contributed by atoms with Crippen molar-refractivity contribution >= 4 is 11.8 Å². The van der Waals surface area contributed by atoms with Gasteiger partial charge in [-0.3, -0.25) is 9.59 Å². The molecule has 0 unspecified atom stereocenters. The molecule has 1 aliphatic rings. The molecule has 2 N–H and O–H groups in total. The minimum Gasteiger partial charge on any atom is -0.354 e. The highest BCUT2D eigenvalue weighted by Gasteiger charge is 2.40. The van der Waals surface area contributed by atoms with Gasteiger partial charge in [-0.15, -0.1) is 0 Å². The van der Waals surface area contributed by atoms with Gasteiger partial charge < -0.3 is 10.6 Å². The van der Waals surface area contributed by atoms with Gasteiger partial charge in [0.2, 0.25) is 11.8 Å². The second-order valence-corrected chi connectivity index (χ2v) is 7.05. The van der Waals surface area contributed by atoms with Gasteiger partial charge in [0, 0.05) is 6.54 Å². The molecule has 4 nitrogen and oxygen atoms in total. The molecule has 0 atom stereocenters. The molecule has 0 heterocycles. The van der Waals surface area contributed by atoms with E-state index >= 15 is 0 Å². The van der Waals surface area contributed by atoms with E-state index in [2.05, 4.69) is 22.8 Å². The molecule has 1 fully saturated rings. The van der Waals surface area contributed by atoms with E-state index in [4.69, 9.17) is 0 Å².